The van der Waals surface area contributed by atoms with Crippen molar-refractivity contribution in [1.82, 2.24) is 4.98 Å². The van der Waals surface area contributed by atoms with Crippen molar-refractivity contribution in [2.45, 2.75) is 37.3 Å². The minimum absolute atomic E-state index is 0.0883. The molecule has 1 aromatic carbocycles. The number of hydrogen-bond acceptors (Lipinski definition) is 5. The highest BCUT2D eigenvalue weighted by Crippen LogP contribution is 2.43. The lowest BCUT2D eigenvalue weighted by Gasteiger charge is -2.39. The molecular weight excluding hydrogens is 433 g/mol. The predicted molar refractivity (Wildman–Crippen MR) is 98.5 cm³/mol. The van der Waals surface area contributed by atoms with E-state index in [4.69, 9.17) is 17.3 Å². The number of carbonyl (C=O) groups is 1. The standard InChI is InChI=1S/C19H15ClF5N3O2/c1-18(15(22)16(19(23,24)25)30-17(26)28-18)11-6-9(2-4-12(11)21)7-14(29)13-5-3-10(20)8-27-13/h2-6,8,15-16H,7H2,1H3,(H2,26,28)/t15-,16+,18+/m0/s1. The van der Waals surface area contributed by atoms with Crippen LogP contribution in [0.3, 0.4) is 0 Å². The summed E-state index contributed by atoms with van der Waals surface area (Å²) in [7, 11) is 0. The van der Waals surface area contributed by atoms with Gasteiger partial charge in [0.05, 0.1) is 5.02 Å². The summed E-state index contributed by atoms with van der Waals surface area (Å²) < 4.78 is 73.2. The van der Waals surface area contributed by atoms with Crippen LogP contribution in [0, 0.1) is 5.82 Å². The highest BCUT2D eigenvalue weighted by atomic mass is 35.5. The molecule has 11 heteroatoms. The first kappa shape index (κ1) is 21.9. The van der Waals surface area contributed by atoms with Gasteiger partial charge in [-0.1, -0.05) is 17.7 Å². The Hall–Kier alpha value is -2.75. The number of ether oxygens (including phenoxy) is 1. The number of nitrogens with two attached hydrogens (primary N) is 1. The Labute approximate surface area is 172 Å². The van der Waals surface area contributed by atoms with Crippen molar-refractivity contribution in [3.8, 4) is 0 Å². The fourth-order valence-corrected chi connectivity index (χ4v) is 3.24. The molecule has 1 aliphatic heterocycles. The van der Waals surface area contributed by atoms with Gasteiger partial charge in [-0.05, 0) is 36.8 Å². The zero-order valence-electron chi connectivity index (χ0n) is 15.4. The van der Waals surface area contributed by atoms with E-state index < -0.39 is 47.2 Å². The Balaban J connectivity index is 1.97. The number of amidine groups is 1. The third-order valence-corrected chi connectivity index (χ3v) is 4.89. The minimum atomic E-state index is -5.09. The maximum Gasteiger partial charge on any atom is 0.428 e. The predicted octanol–water partition coefficient (Wildman–Crippen LogP) is 4.13. The first-order chi connectivity index (χ1) is 13.9. The van der Waals surface area contributed by atoms with E-state index in [1.807, 2.05) is 0 Å². The van der Waals surface area contributed by atoms with Crippen LogP contribution in [-0.4, -0.2) is 35.2 Å². The molecule has 0 saturated carbocycles. The van der Waals surface area contributed by atoms with Gasteiger partial charge in [-0.2, -0.15) is 13.2 Å². The van der Waals surface area contributed by atoms with Gasteiger partial charge in [-0.15, -0.1) is 0 Å². The number of Topliss-reactive ketones (excluding diaryl/α,β-unsaturated/α-hetero) is 1. The van der Waals surface area contributed by atoms with Crippen LogP contribution in [0.5, 0.6) is 0 Å². The lowest BCUT2D eigenvalue weighted by atomic mass is 9.82. The molecule has 0 aliphatic carbocycles. The molecule has 2 heterocycles. The molecule has 1 aliphatic rings. The van der Waals surface area contributed by atoms with Gasteiger partial charge in [-0.25, -0.2) is 13.8 Å². The van der Waals surface area contributed by atoms with Crippen LogP contribution in [0.2, 0.25) is 5.02 Å². The van der Waals surface area contributed by atoms with Crippen molar-refractivity contribution >= 4 is 23.4 Å². The van der Waals surface area contributed by atoms with Gasteiger partial charge in [-0.3, -0.25) is 9.78 Å². The van der Waals surface area contributed by atoms with E-state index in [-0.39, 0.29) is 17.7 Å². The third kappa shape index (κ3) is 4.23. The molecule has 0 spiro atoms. The van der Waals surface area contributed by atoms with E-state index in [0.29, 0.717) is 5.02 Å². The Morgan fingerprint density at radius 2 is 2.00 bits per heavy atom. The molecule has 0 radical (unpaired) electrons. The molecule has 0 amide bonds. The lowest BCUT2D eigenvalue weighted by molar-refractivity contribution is -0.227. The first-order valence-electron chi connectivity index (χ1n) is 8.58. The van der Waals surface area contributed by atoms with Crippen LogP contribution in [0.1, 0.15) is 28.5 Å². The van der Waals surface area contributed by atoms with Crippen LogP contribution < -0.4 is 5.73 Å². The number of aromatic nitrogens is 1. The van der Waals surface area contributed by atoms with Crippen LogP contribution >= 0.6 is 11.6 Å². The van der Waals surface area contributed by atoms with Crippen molar-refractivity contribution < 1.29 is 31.5 Å². The zero-order chi connectivity index (χ0) is 22.3. The summed E-state index contributed by atoms with van der Waals surface area (Å²) in [6.07, 6.45) is -9.76. The van der Waals surface area contributed by atoms with Crippen molar-refractivity contribution in [3.05, 3.63) is 64.2 Å². The fourth-order valence-electron chi connectivity index (χ4n) is 3.13. The fraction of sp³-hybridized carbons (Fsp3) is 0.316. The molecule has 2 N–H and O–H groups in total. The Morgan fingerprint density at radius 3 is 2.60 bits per heavy atom. The highest BCUT2D eigenvalue weighted by molar-refractivity contribution is 6.30. The monoisotopic (exact) mass is 447 g/mol. The van der Waals surface area contributed by atoms with E-state index in [9.17, 15) is 26.7 Å². The number of alkyl halides is 4. The molecule has 0 saturated heterocycles. The Bertz CT molecular complexity index is 997. The second-order valence-corrected chi connectivity index (χ2v) is 7.29. The Morgan fingerprint density at radius 1 is 1.30 bits per heavy atom. The van der Waals surface area contributed by atoms with E-state index in [1.54, 1.807) is 0 Å². The number of rotatable bonds is 4. The summed E-state index contributed by atoms with van der Waals surface area (Å²) in [6, 6.07) is 5.21. The van der Waals surface area contributed by atoms with Crippen molar-refractivity contribution in [1.29, 1.82) is 0 Å². The van der Waals surface area contributed by atoms with Gasteiger partial charge in [0.25, 0.3) is 6.02 Å². The number of pyridine rings is 1. The van der Waals surface area contributed by atoms with Crippen LogP contribution in [0.4, 0.5) is 22.0 Å². The number of nitrogens with zero attached hydrogens (tertiary/aromatic N) is 2. The summed E-state index contributed by atoms with van der Waals surface area (Å²) in [5.41, 5.74) is 2.84. The summed E-state index contributed by atoms with van der Waals surface area (Å²) in [4.78, 5) is 19.9. The first-order valence-corrected chi connectivity index (χ1v) is 8.96. The molecule has 3 atom stereocenters. The van der Waals surface area contributed by atoms with E-state index >= 15 is 0 Å². The number of carbonyl (C=O) groups excluding carboxylic acids is 1. The van der Waals surface area contributed by atoms with Crippen LogP contribution in [0.25, 0.3) is 0 Å². The summed E-state index contributed by atoms with van der Waals surface area (Å²) in [5.74, 6) is -1.45. The molecule has 160 valence electrons. The van der Waals surface area contributed by atoms with Crippen molar-refractivity contribution in [2.75, 3.05) is 0 Å². The van der Waals surface area contributed by atoms with Crippen LogP contribution in [0.15, 0.2) is 41.5 Å². The normalized spacial score (nSPS) is 24.2. The average molecular weight is 448 g/mol. The van der Waals surface area contributed by atoms with Crippen molar-refractivity contribution in [3.63, 3.8) is 0 Å². The molecule has 3 rings (SSSR count). The zero-order valence-corrected chi connectivity index (χ0v) is 16.1. The van der Waals surface area contributed by atoms with E-state index in [2.05, 4.69) is 14.7 Å². The molecule has 30 heavy (non-hydrogen) atoms. The largest absolute Gasteiger partial charge is 0.449 e. The van der Waals surface area contributed by atoms with Gasteiger partial charge >= 0.3 is 6.18 Å². The van der Waals surface area contributed by atoms with Gasteiger partial charge in [0.15, 0.2) is 12.0 Å². The summed E-state index contributed by atoms with van der Waals surface area (Å²) in [6.45, 7) is 0.983. The molecule has 0 unspecified atom stereocenters. The molecule has 0 fully saturated rings. The highest BCUT2D eigenvalue weighted by Gasteiger charge is 2.58. The van der Waals surface area contributed by atoms with Gasteiger partial charge in [0.1, 0.15) is 17.1 Å². The van der Waals surface area contributed by atoms with Gasteiger partial charge < -0.3 is 10.5 Å². The number of benzene rings is 1. The molecule has 1 aromatic heterocycles. The topological polar surface area (TPSA) is 77.6 Å². The smallest absolute Gasteiger partial charge is 0.428 e. The third-order valence-electron chi connectivity index (χ3n) is 4.67. The quantitative estimate of drug-likeness (QED) is 0.565. The summed E-state index contributed by atoms with van der Waals surface area (Å²) in [5, 5.41) is 0.326. The number of halogens is 6. The van der Waals surface area contributed by atoms with Crippen molar-refractivity contribution in [2.24, 2.45) is 10.7 Å². The van der Waals surface area contributed by atoms with Gasteiger partial charge in [0, 0.05) is 18.2 Å². The number of ketones is 1. The molecule has 5 nitrogen and oxygen atoms in total. The van der Waals surface area contributed by atoms with E-state index in [0.717, 1.165) is 19.1 Å². The number of aliphatic imine (C=N–C) groups is 1. The van der Waals surface area contributed by atoms with Gasteiger partial charge in [0.2, 0.25) is 6.10 Å². The van der Waals surface area contributed by atoms with E-state index in [1.165, 1.54) is 24.4 Å². The molecule has 0 bridgehead atoms. The SMILES string of the molecule is C[C@]1(c2cc(CC(=O)c3ccc(Cl)cn3)ccc2F)N=C(N)O[C@@H](C(F)(F)F)[C@@H]1F. The lowest BCUT2D eigenvalue weighted by Crippen LogP contribution is -2.55. The molecular formula is C19H15ClF5N3O2. The maximum absolute atomic E-state index is 14.9. The summed E-state index contributed by atoms with van der Waals surface area (Å²) >= 11 is 5.72. The maximum atomic E-state index is 14.9. The molecule has 2 aromatic rings. The average Bonchev–Trinajstić information content (AvgIpc) is 2.65. The minimum Gasteiger partial charge on any atom is -0.449 e. The second-order valence-electron chi connectivity index (χ2n) is 6.86. The second kappa shape index (κ2) is 7.82. The Kier molecular flexibility index (Phi) is 5.72. The van der Waals surface area contributed by atoms with Crippen LogP contribution in [-0.2, 0) is 16.7 Å². The number of hydrogen-bond donors (Lipinski definition) is 1.